The number of aliphatic hydroxyl groups excluding tert-OH is 1. The van der Waals surface area contributed by atoms with Crippen LogP contribution < -0.4 is 5.56 Å². The SMILES string of the molecule is Cn1c(S(=O)(=O)CC(O)c2cnc(Cl)s2)nc(O)c(-c2ccccc2)c1=O. The topological polar surface area (TPSA) is 122 Å². The Labute approximate surface area is 163 Å². The molecule has 0 saturated heterocycles. The van der Waals surface area contributed by atoms with Crippen molar-refractivity contribution in [2.24, 2.45) is 7.05 Å². The Morgan fingerprint density at radius 2 is 1.96 bits per heavy atom. The molecule has 0 fully saturated rings. The second-order valence-corrected chi connectivity index (χ2v) is 9.21. The zero-order valence-corrected chi connectivity index (χ0v) is 16.3. The Kier molecular flexibility index (Phi) is 5.33. The molecule has 0 saturated carbocycles. The van der Waals surface area contributed by atoms with E-state index in [2.05, 4.69) is 9.97 Å². The van der Waals surface area contributed by atoms with Gasteiger partial charge in [-0.05, 0) is 5.56 Å². The molecule has 3 aromatic rings. The third kappa shape index (κ3) is 3.88. The van der Waals surface area contributed by atoms with Crippen molar-refractivity contribution in [1.29, 1.82) is 0 Å². The summed E-state index contributed by atoms with van der Waals surface area (Å²) in [6.07, 6.45) is -0.122. The Morgan fingerprint density at radius 3 is 2.56 bits per heavy atom. The van der Waals surface area contributed by atoms with Crippen molar-refractivity contribution in [3.05, 3.63) is 56.2 Å². The lowest BCUT2D eigenvalue weighted by molar-refractivity contribution is 0.205. The van der Waals surface area contributed by atoms with Crippen molar-refractivity contribution in [3.63, 3.8) is 0 Å². The van der Waals surface area contributed by atoms with E-state index in [1.165, 1.54) is 13.2 Å². The summed E-state index contributed by atoms with van der Waals surface area (Å²) in [4.78, 5) is 20.4. The number of nitrogens with zero attached hydrogens (tertiary/aromatic N) is 3. The Bertz CT molecular complexity index is 1140. The average molecular weight is 428 g/mol. The lowest BCUT2D eigenvalue weighted by atomic mass is 10.1. The van der Waals surface area contributed by atoms with E-state index < -0.39 is 38.3 Å². The van der Waals surface area contributed by atoms with Gasteiger partial charge in [-0.25, -0.2) is 13.4 Å². The van der Waals surface area contributed by atoms with E-state index in [-0.39, 0.29) is 14.9 Å². The van der Waals surface area contributed by atoms with Gasteiger partial charge in [-0.15, -0.1) is 11.3 Å². The van der Waals surface area contributed by atoms with Gasteiger partial charge in [0.15, 0.2) is 4.47 Å². The maximum Gasteiger partial charge on any atom is 0.265 e. The molecule has 0 aliphatic heterocycles. The number of sulfone groups is 1. The molecule has 2 aromatic heterocycles. The first-order valence-electron chi connectivity index (χ1n) is 7.58. The van der Waals surface area contributed by atoms with Gasteiger partial charge in [0, 0.05) is 13.2 Å². The number of aromatic nitrogens is 3. The molecule has 3 rings (SSSR count). The van der Waals surface area contributed by atoms with Crippen LogP contribution in [0.25, 0.3) is 11.1 Å². The molecule has 0 aliphatic carbocycles. The molecule has 142 valence electrons. The number of halogens is 1. The van der Waals surface area contributed by atoms with E-state index >= 15 is 0 Å². The summed E-state index contributed by atoms with van der Waals surface area (Å²) in [5, 5.41) is 19.7. The molecule has 2 heterocycles. The van der Waals surface area contributed by atoms with E-state index in [4.69, 9.17) is 11.6 Å². The predicted molar refractivity (Wildman–Crippen MR) is 101 cm³/mol. The molecular weight excluding hydrogens is 414 g/mol. The highest BCUT2D eigenvalue weighted by atomic mass is 35.5. The zero-order valence-electron chi connectivity index (χ0n) is 13.9. The van der Waals surface area contributed by atoms with Crippen molar-refractivity contribution in [3.8, 4) is 17.0 Å². The lowest BCUT2D eigenvalue weighted by Gasteiger charge is -2.13. The summed E-state index contributed by atoms with van der Waals surface area (Å²) in [7, 11) is -2.96. The Balaban J connectivity index is 2.03. The molecule has 27 heavy (non-hydrogen) atoms. The highest BCUT2D eigenvalue weighted by molar-refractivity contribution is 7.91. The number of hydrogen-bond donors (Lipinski definition) is 2. The molecule has 1 unspecified atom stereocenters. The maximum atomic E-state index is 12.7. The van der Waals surface area contributed by atoms with E-state index in [9.17, 15) is 23.4 Å². The first-order chi connectivity index (χ1) is 12.7. The summed E-state index contributed by atoms with van der Waals surface area (Å²) in [6, 6.07) is 8.29. The highest BCUT2D eigenvalue weighted by Crippen LogP contribution is 2.28. The van der Waals surface area contributed by atoms with Crippen LogP contribution in [0.3, 0.4) is 0 Å². The second-order valence-electron chi connectivity index (χ2n) is 5.64. The van der Waals surface area contributed by atoms with Gasteiger partial charge in [-0.2, -0.15) is 4.98 Å². The van der Waals surface area contributed by atoms with E-state index in [0.717, 1.165) is 15.9 Å². The Hall–Kier alpha value is -2.27. The van der Waals surface area contributed by atoms with Gasteiger partial charge in [0.1, 0.15) is 11.7 Å². The molecular formula is C16H14ClN3O5S2. The molecule has 0 aliphatic rings. The summed E-state index contributed by atoms with van der Waals surface area (Å²) < 4.78 is 26.3. The van der Waals surface area contributed by atoms with Crippen molar-refractivity contribution in [2.45, 2.75) is 11.3 Å². The van der Waals surface area contributed by atoms with Crippen LogP contribution in [0, 0.1) is 0 Å². The minimum Gasteiger partial charge on any atom is -0.493 e. The monoisotopic (exact) mass is 427 g/mol. The Morgan fingerprint density at radius 1 is 1.30 bits per heavy atom. The van der Waals surface area contributed by atoms with Crippen LogP contribution in [0.1, 0.15) is 11.0 Å². The fourth-order valence-electron chi connectivity index (χ4n) is 2.49. The van der Waals surface area contributed by atoms with Gasteiger partial charge < -0.3 is 10.2 Å². The first kappa shape index (κ1) is 19.5. The zero-order chi connectivity index (χ0) is 19.8. The lowest BCUT2D eigenvalue weighted by Crippen LogP contribution is -2.28. The van der Waals surface area contributed by atoms with Crippen LogP contribution in [-0.2, 0) is 16.9 Å². The largest absolute Gasteiger partial charge is 0.493 e. The van der Waals surface area contributed by atoms with E-state index in [0.29, 0.717) is 5.56 Å². The summed E-state index contributed by atoms with van der Waals surface area (Å²) in [5.41, 5.74) is -0.416. The number of thiazole rings is 1. The molecule has 8 nitrogen and oxygen atoms in total. The number of rotatable bonds is 5. The quantitative estimate of drug-likeness (QED) is 0.595. The van der Waals surface area contributed by atoms with Crippen molar-refractivity contribution in [1.82, 2.24) is 14.5 Å². The minimum absolute atomic E-state index is 0.105. The number of aliphatic hydroxyl groups is 1. The fraction of sp³-hybridized carbons (Fsp3) is 0.188. The van der Waals surface area contributed by atoms with Gasteiger partial charge in [0.25, 0.3) is 5.56 Å². The first-order valence-corrected chi connectivity index (χ1v) is 10.4. The van der Waals surface area contributed by atoms with Crippen LogP contribution in [0.15, 0.2) is 46.5 Å². The summed E-state index contributed by atoms with van der Waals surface area (Å²) in [6.45, 7) is 0. The van der Waals surface area contributed by atoms with Crippen molar-refractivity contribution in [2.75, 3.05) is 5.75 Å². The predicted octanol–water partition coefficient (Wildman–Crippen LogP) is 1.77. The molecule has 0 radical (unpaired) electrons. The number of hydrogen-bond acceptors (Lipinski definition) is 8. The van der Waals surface area contributed by atoms with Crippen LogP contribution in [0.5, 0.6) is 5.88 Å². The standard InChI is InChI=1S/C16H14ClN3O5S2/c1-20-14(23)12(9-5-3-2-4-6-9)13(22)19-16(20)27(24,25)8-10(21)11-7-18-15(17)26-11/h2-7,10,21-22H,8H2,1H3. The van der Waals surface area contributed by atoms with E-state index in [1.807, 2.05) is 0 Å². The van der Waals surface area contributed by atoms with Gasteiger partial charge in [-0.3, -0.25) is 9.36 Å². The van der Waals surface area contributed by atoms with Crippen molar-refractivity contribution >= 4 is 32.8 Å². The van der Waals surface area contributed by atoms with E-state index in [1.54, 1.807) is 30.3 Å². The van der Waals surface area contributed by atoms with Crippen LogP contribution in [0.2, 0.25) is 4.47 Å². The molecule has 0 bridgehead atoms. The summed E-state index contributed by atoms with van der Waals surface area (Å²) in [5.74, 6) is -1.44. The molecule has 0 spiro atoms. The van der Waals surface area contributed by atoms with Gasteiger partial charge in [-0.1, -0.05) is 41.9 Å². The molecule has 1 atom stereocenters. The maximum absolute atomic E-state index is 12.7. The highest BCUT2D eigenvalue weighted by Gasteiger charge is 2.28. The normalized spacial score (nSPS) is 12.9. The van der Waals surface area contributed by atoms with Crippen LogP contribution in [-0.4, -0.2) is 38.9 Å². The number of aromatic hydroxyl groups is 1. The molecule has 2 N–H and O–H groups in total. The van der Waals surface area contributed by atoms with Crippen molar-refractivity contribution < 1.29 is 18.6 Å². The number of benzene rings is 1. The molecule has 0 amide bonds. The summed E-state index contributed by atoms with van der Waals surface area (Å²) >= 11 is 6.63. The average Bonchev–Trinajstić information content (AvgIpc) is 3.05. The fourth-order valence-corrected chi connectivity index (χ4v) is 5.01. The van der Waals surface area contributed by atoms with Gasteiger partial charge in [0.2, 0.25) is 20.9 Å². The second kappa shape index (κ2) is 7.39. The van der Waals surface area contributed by atoms with Gasteiger partial charge in [0.05, 0.1) is 10.6 Å². The van der Waals surface area contributed by atoms with Gasteiger partial charge >= 0.3 is 0 Å². The van der Waals surface area contributed by atoms with Crippen LogP contribution >= 0.6 is 22.9 Å². The third-order valence-corrected chi connectivity index (χ3v) is 6.66. The third-order valence-electron chi connectivity index (χ3n) is 3.77. The smallest absolute Gasteiger partial charge is 0.265 e. The molecule has 11 heteroatoms. The van der Waals surface area contributed by atoms with Crippen LogP contribution in [0.4, 0.5) is 0 Å². The molecule has 1 aromatic carbocycles. The minimum atomic E-state index is -4.20.